The summed E-state index contributed by atoms with van der Waals surface area (Å²) in [7, 11) is 0. The summed E-state index contributed by atoms with van der Waals surface area (Å²) in [6, 6.07) is 0.0838. The van der Waals surface area contributed by atoms with Crippen LogP contribution in [0.3, 0.4) is 0 Å². The molecule has 19 heavy (non-hydrogen) atoms. The smallest absolute Gasteiger partial charge is 0.332 e. The molecule has 0 saturated carbocycles. The Labute approximate surface area is 114 Å². The van der Waals surface area contributed by atoms with Gasteiger partial charge in [-0.05, 0) is 33.1 Å². The third kappa shape index (κ3) is 4.38. The van der Waals surface area contributed by atoms with Crippen molar-refractivity contribution in [2.45, 2.75) is 58.3 Å². The van der Waals surface area contributed by atoms with Gasteiger partial charge in [0, 0.05) is 19.1 Å². The zero-order chi connectivity index (χ0) is 14.4. The largest absolute Gasteiger partial charge is 0.479 e. The number of amides is 2. The van der Waals surface area contributed by atoms with Crippen LogP contribution in [-0.2, 0) is 9.53 Å². The van der Waals surface area contributed by atoms with E-state index < -0.39 is 12.1 Å². The molecule has 6 heteroatoms. The number of nitrogens with zero attached hydrogens (tertiary/aromatic N) is 1. The molecule has 0 aromatic rings. The molecule has 6 nitrogen and oxygen atoms in total. The third-order valence-electron chi connectivity index (χ3n) is 3.59. The van der Waals surface area contributed by atoms with Crippen LogP contribution >= 0.6 is 0 Å². The minimum Gasteiger partial charge on any atom is -0.479 e. The van der Waals surface area contributed by atoms with Crippen molar-refractivity contribution in [2.75, 3.05) is 13.1 Å². The molecule has 3 atom stereocenters. The zero-order valence-electron chi connectivity index (χ0n) is 11.9. The lowest BCUT2D eigenvalue weighted by atomic mass is 10.2. The van der Waals surface area contributed by atoms with E-state index in [1.165, 1.54) is 0 Å². The molecule has 110 valence electrons. The SMILES string of the molecule is CCC(C)N(CC)C(=O)NCC1CCC(C(=O)O)O1. The molecule has 0 aliphatic carbocycles. The average molecular weight is 272 g/mol. The molecular weight excluding hydrogens is 248 g/mol. The average Bonchev–Trinajstić information content (AvgIpc) is 2.85. The zero-order valence-corrected chi connectivity index (χ0v) is 11.9. The second kappa shape index (κ2) is 7.33. The van der Waals surface area contributed by atoms with Gasteiger partial charge in [0.05, 0.1) is 6.10 Å². The highest BCUT2D eigenvalue weighted by molar-refractivity contribution is 5.74. The first-order valence-electron chi connectivity index (χ1n) is 6.92. The lowest BCUT2D eigenvalue weighted by Crippen LogP contribution is -2.46. The van der Waals surface area contributed by atoms with Gasteiger partial charge in [-0.1, -0.05) is 6.92 Å². The normalized spacial score (nSPS) is 23.9. The van der Waals surface area contributed by atoms with Crippen molar-refractivity contribution < 1.29 is 19.4 Å². The highest BCUT2D eigenvalue weighted by atomic mass is 16.5. The summed E-state index contributed by atoms with van der Waals surface area (Å²) < 4.78 is 5.34. The summed E-state index contributed by atoms with van der Waals surface area (Å²) in [5.74, 6) is -0.927. The van der Waals surface area contributed by atoms with Crippen LogP contribution in [-0.4, -0.2) is 53.3 Å². The molecule has 0 aromatic heterocycles. The number of aliphatic carboxylic acids is 1. The highest BCUT2D eigenvalue weighted by Crippen LogP contribution is 2.19. The van der Waals surface area contributed by atoms with E-state index in [4.69, 9.17) is 9.84 Å². The predicted octanol–water partition coefficient (Wildman–Crippen LogP) is 1.45. The summed E-state index contributed by atoms with van der Waals surface area (Å²) >= 11 is 0. The van der Waals surface area contributed by atoms with E-state index in [2.05, 4.69) is 5.32 Å². The molecule has 0 aromatic carbocycles. The third-order valence-corrected chi connectivity index (χ3v) is 3.59. The molecule has 1 fully saturated rings. The fourth-order valence-corrected chi connectivity index (χ4v) is 2.22. The topological polar surface area (TPSA) is 78.9 Å². The number of carbonyl (C=O) groups is 2. The number of hydrogen-bond acceptors (Lipinski definition) is 3. The van der Waals surface area contributed by atoms with E-state index in [-0.39, 0.29) is 18.2 Å². The van der Waals surface area contributed by atoms with Crippen LogP contribution in [0, 0.1) is 0 Å². The molecule has 0 bridgehead atoms. The summed E-state index contributed by atoms with van der Waals surface area (Å²) in [6.45, 7) is 7.02. The number of carboxylic acids is 1. The second-order valence-electron chi connectivity index (χ2n) is 4.89. The molecular formula is C13H24N2O4. The first-order chi connectivity index (χ1) is 8.99. The summed E-state index contributed by atoms with van der Waals surface area (Å²) in [5, 5.41) is 11.6. The van der Waals surface area contributed by atoms with Gasteiger partial charge >= 0.3 is 12.0 Å². The van der Waals surface area contributed by atoms with Crippen molar-refractivity contribution >= 4 is 12.0 Å². The van der Waals surface area contributed by atoms with Gasteiger partial charge in [0.1, 0.15) is 0 Å². The maximum atomic E-state index is 12.0. The van der Waals surface area contributed by atoms with Crippen molar-refractivity contribution in [3.8, 4) is 0 Å². The van der Waals surface area contributed by atoms with Crippen molar-refractivity contribution in [1.82, 2.24) is 10.2 Å². The van der Waals surface area contributed by atoms with E-state index in [9.17, 15) is 9.59 Å². The van der Waals surface area contributed by atoms with Crippen LogP contribution in [0.4, 0.5) is 4.79 Å². The van der Waals surface area contributed by atoms with Crippen LogP contribution in [0.5, 0.6) is 0 Å². The van der Waals surface area contributed by atoms with Gasteiger partial charge in [0.2, 0.25) is 0 Å². The van der Waals surface area contributed by atoms with Crippen molar-refractivity contribution in [2.24, 2.45) is 0 Å². The minimum atomic E-state index is -0.927. The van der Waals surface area contributed by atoms with Gasteiger partial charge in [-0.2, -0.15) is 0 Å². The van der Waals surface area contributed by atoms with Crippen LogP contribution in [0.2, 0.25) is 0 Å². The van der Waals surface area contributed by atoms with E-state index in [0.717, 1.165) is 6.42 Å². The van der Waals surface area contributed by atoms with Crippen LogP contribution in [0.15, 0.2) is 0 Å². The summed E-state index contributed by atoms with van der Waals surface area (Å²) in [5.41, 5.74) is 0. The number of ether oxygens (including phenoxy) is 1. The number of carboxylic acid groups (broad SMARTS) is 1. The fraction of sp³-hybridized carbons (Fsp3) is 0.846. The van der Waals surface area contributed by atoms with Gasteiger partial charge in [0.15, 0.2) is 6.10 Å². The Bertz CT molecular complexity index is 322. The van der Waals surface area contributed by atoms with Gasteiger partial charge in [-0.15, -0.1) is 0 Å². The Morgan fingerprint density at radius 2 is 2.11 bits per heavy atom. The van der Waals surface area contributed by atoms with Crippen LogP contribution in [0.25, 0.3) is 0 Å². The molecule has 1 heterocycles. The maximum absolute atomic E-state index is 12.0. The summed E-state index contributed by atoms with van der Waals surface area (Å²) in [4.78, 5) is 24.5. The lowest BCUT2D eigenvalue weighted by Gasteiger charge is -2.28. The van der Waals surface area contributed by atoms with Gasteiger partial charge in [0.25, 0.3) is 0 Å². The Balaban J connectivity index is 2.36. The van der Waals surface area contributed by atoms with Crippen molar-refractivity contribution in [1.29, 1.82) is 0 Å². The van der Waals surface area contributed by atoms with Gasteiger partial charge in [-0.25, -0.2) is 9.59 Å². The van der Waals surface area contributed by atoms with E-state index in [1.807, 2.05) is 20.8 Å². The Kier molecular flexibility index (Phi) is 6.08. The molecule has 1 saturated heterocycles. The Morgan fingerprint density at radius 1 is 1.42 bits per heavy atom. The molecule has 0 radical (unpaired) electrons. The maximum Gasteiger partial charge on any atom is 0.332 e. The molecule has 1 aliphatic heterocycles. The first-order valence-corrected chi connectivity index (χ1v) is 6.92. The van der Waals surface area contributed by atoms with Crippen LogP contribution in [0.1, 0.15) is 40.0 Å². The number of urea groups is 1. The second-order valence-corrected chi connectivity index (χ2v) is 4.89. The quantitative estimate of drug-likeness (QED) is 0.767. The number of nitrogens with one attached hydrogen (secondary N) is 1. The number of rotatable bonds is 6. The minimum absolute atomic E-state index is 0.112. The molecule has 1 aliphatic rings. The van der Waals surface area contributed by atoms with Crippen molar-refractivity contribution in [3.05, 3.63) is 0 Å². The van der Waals surface area contributed by atoms with Crippen molar-refractivity contribution in [3.63, 3.8) is 0 Å². The van der Waals surface area contributed by atoms with E-state index in [1.54, 1.807) is 4.90 Å². The number of carbonyl (C=O) groups excluding carboxylic acids is 1. The number of hydrogen-bond donors (Lipinski definition) is 2. The lowest BCUT2D eigenvalue weighted by molar-refractivity contribution is -0.149. The van der Waals surface area contributed by atoms with E-state index in [0.29, 0.717) is 25.9 Å². The standard InChI is InChI=1S/C13H24N2O4/c1-4-9(3)15(5-2)13(18)14-8-10-6-7-11(19-10)12(16)17/h9-11H,4-8H2,1-3H3,(H,14,18)(H,16,17). The predicted molar refractivity (Wildman–Crippen MR) is 71.1 cm³/mol. The fourth-order valence-electron chi connectivity index (χ4n) is 2.22. The van der Waals surface area contributed by atoms with E-state index >= 15 is 0 Å². The molecule has 2 amide bonds. The highest BCUT2D eigenvalue weighted by Gasteiger charge is 2.30. The summed E-state index contributed by atoms with van der Waals surface area (Å²) in [6.07, 6.45) is 1.17. The van der Waals surface area contributed by atoms with Gasteiger partial charge < -0.3 is 20.1 Å². The Hall–Kier alpha value is -1.30. The molecule has 2 N–H and O–H groups in total. The molecule has 0 spiro atoms. The molecule has 3 unspecified atom stereocenters. The van der Waals surface area contributed by atoms with Crippen LogP contribution < -0.4 is 5.32 Å². The molecule has 1 rings (SSSR count). The monoisotopic (exact) mass is 272 g/mol. The Morgan fingerprint density at radius 3 is 2.58 bits per heavy atom. The van der Waals surface area contributed by atoms with Gasteiger partial charge in [-0.3, -0.25) is 0 Å². The first kappa shape index (κ1) is 15.8.